The van der Waals surface area contributed by atoms with Crippen molar-refractivity contribution in [1.29, 1.82) is 0 Å². The van der Waals surface area contributed by atoms with Crippen LogP contribution in [0.4, 0.5) is 0 Å². The van der Waals surface area contributed by atoms with Gasteiger partial charge in [-0.15, -0.1) is 6.58 Å². The largest absolute Gasteiger partial charge is 0.314 e. The lowest BCUT2D eigenvalue weighted by Crippen LogP contribution is -2.30. The Morgan fingerprint density at radius 2 is 2.28 bits per heavy atom. The van der Waals surface area contributed by atoms with Crippen LogP contribution >= 0.6 is 0 Å². The maximum absolute atomic E-state index is 3.88. The molecule has 2 unspecified atom stereocenters. The summed E-state index contributed by atoms with van der Waals surface area (Å²) in [6, 6.07) is 9.58. The van der Waals surface area contributed by atoms with Gasteiger partial charge in [0.25, 0.3) is 0 Å². The topological polar surface area (TPSA) is 12.0 Å². The van der Waals surface area contributed by atoms with Gasteiger partial charge in [0.15, 0.2) is 0 Å². The summed E-state index contributed by atoms with van der Waals surface area (Å²) in [6.45, 7) is 7.11. The van der Waals surface area contributed by atoms with Gasteiger partial charge >= 0.3 is 0 Å². The minimum absolute atomic E-state index is 0.587. The van der Waals surface area contributed by atoms with Crippen LogP contribution in [0.2, 0.25) is 0 Å². The van der Waals surface area contributed by atoms with Gasteiger partial charge in [-0.1, -0.05) is 37.3 Å². The molecule has 0 heterocycles. The highest BCUT2D eigenvalue weighted by atomic mass is 14.9. The van der Waals surface area contributed by atoms with Crippen molar-refractivity contribution in [1.82, 2.24) is 5.32 Å². The number of nitrogens with one attached hydrogen (secondary N) is 1. The molecule has 0 aromatic heterocycles. The Labute approximate surface area is 111 Å². The van der Waals surface area contributed by atoms with Crippen LogP contribution in [-0.2, 0) is 6.42 Å². The highest BCUT2D eigenvalue weighted by molar-refractivity contribution is 5.32. The first-order valence-corrected chi connectivity index (χ1v) is 7.27. The van der Waals surface area contributed by atoms with Crippen LogP contribution in [0.25, 0.3) is 0 Å². The lowest BCUT2D eigenvalue weighted by Gasteiger charge is -2.29. The van der Waals surface area contributed by atoms with Gasteiger partial charge in [0.1, 0.15) is 0 Å². The number of benzene rings is 1. The average Bonchev–Trinajstić information content (AvgIpc) is 2.40. The van der Waals surface area contributed by atoms with Gasteiger partial charge in [-0.25, -0.2) is 0 Å². The van der Waals surface area contributed by atoms with Crippen molar-refractivity contribution >= 4 is 0 Å². The zero-order valence-corrected chi connectivity index (χ0v) is 11.5. The fraction of sp³-hybridized carbons (Fsp3) is 0.529. The molecule has 0 saturated heterocycles. The molecule has 0 spiro atoms. The van der Waals surface area contributed by atoms with Crippen LogP contribution < -0.4 is 5.32 Å². The fourth-order valence-corrected chi connectivity index (χ4v) is 3.20. The van der Waals surface area contributed by atoms with Crippen molar-refractivity contribution in [3.05, 3.63) is 48.0 Å². The van der Waals surface area contributed by atoms with Crippen molar-refractivity contribution in [2.75, 3.05) is 6.54 Å². The number of hydrogen-bond donors (Lipinski definition) is 1. The first kappa shape index (κ1) is 13.4. The summed E-state index contributed by atoms with van der Waals surface area (Å²) in [5.74, 6) is 0.735. The Morgan fingerprint density at radius 1 is 1.44 bits per heavy atom. The Hall–Kier alpha value is -1.08. The molecule has 0 bridgehead atoms. The molecule has 0 fully saturated rings. The molecule has 1 aliphatic carbocycles. The first-order chi connectivity index (χ1) is 8.85. The molecule has 1 heteroatoms. The van der Waals surface area contributed by atoms with Crippen LogP contribution in [-0.4, -0.2) is 12.6 Å². The maximum atomic E-state index is 3.88. The molecule has 0 aliphatic heterocycles. The Kier molecular flexibility index (Phi) is 5.00. The fourth-order valence-electron chi connectivity index (χ4n) is 3.20. The van der Waals surface area contributed by atoms with Gasteiger partial charge in [-0.3, -0.25) is 0 Å². The molecule has 0 radical (unpaired) electrons. The first-order valence-electron chi connectivity index (χ1n) is 7.27. The van der Waals surface area contributed by atoms with Crippen molar-refractivity contribution in [2.45, 2.75) is 51.0 Å². The number of aryl methyl sites for hydroxylation is 1. The van der Waals surface area contributed by atoms with Gasteiger partial charge in [-0.2, -0.15) is 0 Å². The minimum atomic E-state index is 0.587. The summed E-state index contributed by atoms with van der Waals surface area (Å²) < 4.78 is 0. The molecule has 2 rings (SSSR count). The maximum Gasteiger partial charge on any atom is 0.0107 e. The van der Waals surface area contributed by atoms with E-state index in [9.17, 15) is 0 Å². The number of rotatable bonds is 6. The highest BCUT2D eigenvalue weighted by Crippen LogP contribution is 2.34. The van der Waals surface area contributed by atoms with E-state index in [1.165, 1.54) is 25.7 Å². The minimum Gasteiger partial charge on any atom is -0.314 e. The highest BCUT2D eigenvalue weighted by Gasteiger charge is 2.22. The SMILES string of the molecule is C=CCC(CC1CCCc2ccccc21)NCC. The molecule has 98 valence electrons. The van der Waals surface area contributed by atoms with Crippen LogP contribution in [0.1, 0.15) is 49.7 Å². The van der Waals surface area contributed by atoms with Gasteiger partial charge < -0.3 is 5.32 Å². The number of hydrogen-bond acceptors (Lipinski definition) is 1. The van der Waals surface area contributed by atoms with Crippen LogP contribution in [0.3, 0.4) is 0 Å². The molecule has 0 amide bonds. The summed E-state index contributed by atoms with van der Waals surface area (Å²) in [7, 11) is 0. The predicted octanol–water partition coefficient (Wildman–Crippen LogP) is 4.05. The summed E-state index contributed by atoms with van der Waals surface area (Å²) in [5.41, 5.74) is 3.17. The van der Waals surface area contributed by atoms with E-state index in [2.05, 4.69) is 43.1 Å². The molecule has 2 atom stereocenters. The Bertz CT molecular complexity index is 383. The van der Waals surface area contributed by atoms with Gasteiger partial charge in [0.2, 0.25) is 0 Å². The van der Waals surface area contributed by atoms with Gasteiger partial charge in [-0.05, 0) is 55.7 Å². The van der Waals surface area contributed by atoms with Gasteiger partial charge in [0, 0.05) is 6.04 Å². The summed E-state index contributed by atoms with van der Waals surface area (Å²) >= 11 is 0. The molecular weight excluding hydrogens is 218 g/mol. The smallest absolute Gasteiger partial charge is 0.0107 e. The normalized spacial score (nSPS) is 20.2. The van der Waals surface area contributed by atoms with E-state index in [1.54, 1.807) is 11.1 Å². The van der Waals surface area contributed by atoms with E-state index < -0.39 is 0 Å². The van der Waals surface area contributed by atoms with Crippen molar-refractivity contribution in [2.24, 2.45) is 0 Å². The van der Waals surface area contributed by atoms with Crippen molar-refractivity contribution in [3.63, 3.8) is 0 Å². The van der Waals surface area contributed by atoms with E-state index in [1.807, 2.05) is 6.08 Å². The van der Waals surface area contributed by atoms with Crippen LogP contribution in [0.5, 0.6) is 0 Å². The van der Waals surface area contributed by atoms with Crippen molar-refractivity contribution in [3.8, 4) is 0 Å². The third-order valence-corrected chi connectivity index (χ3v) is 4.01. The lowest BCUT2D eigenvalue weighted by molar-refractivity contribution is 0.418. The Morgan fingerprint density at radius 3 is 3.06 bits per heavy atom. The van der Waals surface area contributed by atoms with E-state index in [0.717, 1.165) is 18.9 Å². The number of fused-ring (bicyclic) bond motifs is 1. The quantitative estimate of drug-likeness (QED) is 0.743. The molecule has 1 N–H and O–H groups in total. The summed E-state index contributed by atoms with van der Waals surface area (Å²) in [6.07, 6.45) is 8.32. The van der Waals surface area contributed by atoms with E-state index in [-0.39, 0.29) is 0 Å². The zero-order valence-electron chi connectivity index (χ0n) is 11.5. The van der Waals surface area contributed by atoms with E-state index in [4.69, 9.17) is 0 Å². The second kappa shape index (κ2) is 6.75. The van der Waals surface area contributed by atoms with Gasteiger partial charge in [0.05, 0.1) is 0 Å². The summed E-state index contributed by atoms with van der Waals surface area (Å²) in [5, 5.41) is 3.59. The Balaban J connectivity index is 2.07. The molecule has 0 saturated carbocycles. The molecule has 1 nitrogen and oxygen atoms in total. The van der Waals surface area contributed by atoms with Crippen LogP contribution in [0.15, 0.2) is 36.9 Å². The molecule has 1 aromatic carbocycles. The monoisotopic (exact) mass is 243 g/mol. The standard InChI is InChI=1S/C17H25N/c1-3-8-16(18-4-2)13-15-11-7-10-14-9-5-6-12-17(14)15/h3,5-6,9,12,15-16,18H,1,4,7-8,10-11,13H2,2H3. The zero-order chi connectivity index (χ0) is 12.8. The predicted molar refractivity (Wildman–Crippen MR) is 79.0 cm³/mol. The summed E-state index contributed by atoms with van der Waals surface area (Å²) in [4.78, 5) is 0. The second-order valence-corrected chi connectivity index (χ2v) is 5.30. The van der Waals surface area contributed by atoms with E-state index >= 15 is 0 Å². The van der Waals surface area contributed by atoms with Crippen LogP contribution in [0, 0.1) is 0 Å². The molecule has 1 aliphatic rings. The van der Waals surface area contributed by atoms with E-state index in [0.29, 0.717) is 6.04 Å². The second-order valence-electron chi connectivity index (χ2n) is 5.30. The molecular formula is C17H25N. The van der Waals surface area contributed by atoms with Crippen molar-refractivity contribution < 1.29 is 0 Å². The third-order valence-electron chi connectivity index (χ3n) is 4.01. The average molecular weight is 243 g/mol. The molecule has 1 aromatic rings. The lowest BCUT2D eigenvalue weighted by atomic mass is 9.79. The third kappa shape index (κ3) is 3.23. The molecule has 18 heavy (non-hydrogen) atoms.